The summed E-state index contributed by atoms with van der Waals surface area (Å²) in [7, 11) is 0. The van der Waals surface area contributed by atoms with Crippen LogP contribution in [0.4, 0.5) is 22.7 Å². The van der Waals surface area contributed by atoms with Crippen molar-refractivity contribution in [2.45, 2.75) is 117 Å². The maximum absolute atomic E-state index is 14.6. The molecule has 2 unspecified atom stereocenters. The number of esters is 2. The summed E-state index contributed by atoms with van der Waals surface area (Å²) in [4.78, 5) is 141. The molecule has 0 saturated carbocycles. The molecule has 9 rings (SSSR count). The second-order valence-electron chi connectivity index (χ2n) is 26.7. The first-order chi connectivity index (χ1) is 51.0. The molecule has 0 fully saturated rings. The van der Waals surface area contributed by atoms with E-state index >= 15 is 0 Å². The van der Waals surface area contributed by atoms with Crippen molar-refractivity contribution in [3.8, 4) is 11.5 Å². The number of amides is 6. The predicted molar refractivity (Wildman–Crippen MR) is 403 cm³/mol. The second-order valence-corrected chi connectivity index (χ2v) is 26.7. The van der Waals surface area contributed by atoms with Crippen molar-refractivity contribution in [3.05, 3.63) is 250 Å². The summed E-state index contributed by atoms with van der Waals surface area (Å²) in [6, 6.07) is 48.5. The molecule has 8 aromatic carbocycles. The molecule has 0 radical (unpaired) electrons. The molecule has 1 aliphatic carbocycles. The van der Waals surface area contributed by atoms with Crippen molar-refractivity contribution in [1.29, 1.82) is 0 Å². The highest BCUT2D eigenvalue weighted by Crippen LogP contribution is 2.42. The van der Waals surface area contributed by atoms with Crippen LogP contribution in [-0.4, -0.2) is 132 Å². The van der Waals surface area contributed by atoms with Crippen molar-refractivity contribution in [1.82, 2.24) is 31.9 Å². The third-order valence-electron chi connectivity index (χ3n) is 17.5. The maximum atomic E-state index is 14.6. The number of rotatable bonds is 36. The van der Waals surface area contributed by atoms with Crippen molar-refractivity contribution >= 4 is 81.7 Å². The highest BCUT2D eigenvalue weighted by molar-refractivity contribution is 6.33. The van der Waals surface area contributed by atoms with Crippen molar-refractivity contribution in [2.75, 3.05) is 47.4 Å². The fourth-order valence-corrected chi connectivity index (χ4v) is 12.1. The third kappa shape index (κ3) is 21.4. The van der Waals surface area contributed by atoms with Gasteiger partial charge in [-0.25, -0.2) is 9.59 Å². The second kappa shape index (κ2) is 37.7. The van der Waals surface area contributed by atoms with Gasteiger partial charge in [-0.05, 0) is 109 Å². The molecular formula is C82H90N10O14. The zero-order valence-corrected chi connectivity index (χ0v) is 60.0. The minimum Gasteiger partial charge on any atom is -0.507 e. The molecule has 0 aliphatic heterocycles. The Kier molecular flexibility index (Phi) is 27.7. The summed E-state index contributed by atoms with van der Waals surface area (Å²) in [5, 5.41) is 51.6. The molecule has 0 heterocycles. The molecular weight excluding hydrogens is 1350 g/mol. The van der Waals surface area contributed by atoms with Crippen LogP contribution < -0.4 is 53.2 Å². The smallest absolute Gasteiger partial charge is 0.340 e. The van der Waals surface area contributed by atoms with Crippen molar-refractivity contribution in [2.24, 2.45) is 11.8 Å². The Morgan fingerprint density at radius 2 is 0.660 bits per heavy atom. The standard InChI is InChI=1S/C82H90N10O14/c1-49(2)43-63(91-79(101)65(45-53-23-11-7-12-24-53)89-75(97)51(5)87-59-33-21-19-31-57(59)81(103)105-47-55-27-15-9-16-28-55)77(99)85-41-39-83-61-35-36-62(70-69(61)73(95)71-67(93)37-38-68(94)72(71)74(70)96)84-40-42-86-78(100)64(44-50(3)4)92-80(102)66(46-54-25-13-8-14-26-54)90-76(98)52(6)88-60-34-22-20-32-58(60)82(104)106-48-56-29-17-10-18-30-56/h7-38,49-52,63-66,83-84,87-88,93-94H,39-48H2,1-6H3,(H,85,99)(H,86,100)(H,89,97)(H,90,98)(H,91,101)(H,92,102)/t51?,52?,63-,64-,65-,66-/m0/s1. The van der Waals surface area contributed by atoms with Gasteiger partial charge >= 0.3 is 11.9 Å². The van der Waals surface area contributed by atoms with Gasteiger partial charge in [-0.1, -0.05) is 173 Å². The minimum atomic E-state index is -1.16. The number of hydrogen-bond acceptors (Lipinski definition) is 18. The number of anilines is 4. The molecule has 24 nitrogen and oxygen atoms in total. The lowest BCUT2D eigenvalue weighted by atomic mass is 9.81. The summed E-state index contributed by atoms with van der Waals surface area (Å²) in [6.45, 7) is 10.6. The van der Waals surface area contributed by atoms with Gasteiger partial charge in [0.15, 0.2) is 0 Å². The van der Waals surface area contributed by atoms with E-state index < -0.39 is 118 Å². The summed E-state index contributed by atoms with van der Waals surface area (Å²) in [6.07, 6.45) is 0.521. The maximum Gasteiger partial charge on any atom is 0.340 e. The highest BCUT2D eigenvalue weighted by atomic mass is 16.5. The number of carbonyl (C=O) groups is 10. The van der Waals surface area contributed by atoms with Gasteiger partial charge in [0.2, 0.25) is 47.0 Å². The number of nitrogens with one attached hydrogen (secondary N) is 10. The highest BCUT2D eigenvalue weighted by Gasteiger charge is 2.39. The van der Waals surface area contributed by atoms with Gasteiger partial charge in [0.1, 0.15) is 61.0 Å². The SMILES string of the molecule is CC(C)C[C@H](NC(=O)[C@H](Cc1ccccc1)NC(=O)C(C)Nc1ccccc1C(=O)OCc1ccccc1)C(=O)NCCNc1ccc(NCCNC(=O)[C@H](CC(C)C)NC(=O)[C@H](Cc2ccccc2)NC(=O)C(C)Nc2ccccc2C(=O)OCc2ccccc2)c2c1C(=O)c1c(O)ccc(O)c1C2=O. The first-order valence-electron chi connectivity index (χ1n) is 35.3. The number of aromatic hydroxyl groups is 2. The summed E-state index contributed by atoms with van der Waals surface area (Å²) >= 11 is 0. The number of fused-ring (bicyclic) bond motifs is 2. The van der Waals surface area contributed by atoms with Crippen LogP contribution >= 0.6 is 0 Å². The van der Waals surface area contributed by atoms with Gasteiger partial charge in [0, 0.05) is 61.8 Å². The minimum absolute atomic E-state index is 0.0283. The van der Waals surface area contributed by atoms with E-state index in [1.165, 1.54) is 12.1 Å². The number of benzene rings is 8. The Balaban J connectivity index is 0.832. The van der Waals surface area contributed by atoms with Crippen LogP contribution in [0.2, 0.25) is 0 Å². The summed E-state index contributed by atoms with van der Waals surface area (Å²) in [5.41, 5.74) is 3.24. The lowest BCUT2D eigenvalue weighted by Gasteiger charge is -2.26. The van der Waals surface area contributed by atoms with E-state index in [0.29, 0.717) is 11.4 Å². The Morgan fingerprint density at radius 3 is 1.01 bits per heavy atom. The number of para-hydroxylation sites is 2. The molecule has 0 bridgehead atoms. The van der Waals surface area contributed by atoms with Crippen LogP contribution in [-0.2, 0) is 64.3 Å². The fourth-order valence-electron chi connectivity index (χ4n) is 12.1. The van der Waals surface area contributed by atoms with Crippen LogP contribution in [0.5, 0.6) is 11.5 Å². The Morgan fingerprint density at radius 1 is 0.340 bits per heavy atom. The van der Waals surface area contributed by atoms with Crippen LogP contribution in [0.3, 0.4) is 0 Å². The zero-order valence-electron chi connectivity index (χ0n) is 60.0. The number of carbonyl (C=O) groups excluding carboxylic acids is 10. The molecule has 6 atom stereocenters. The largest absolute Gasteiger partial charge is 0.507 e. The number of phenolic OH excluding ortho intramolecular Hbond substituents is 2. The molecule has 1 aliphatic rings. The molecule has 12 N–H and O–H groups in total. The number of phenols is 2. The van der Waals surface area contributed by atoms with E-state index in [1.54, 1.807) is 86.6 Å². The average Bonchev–Trinajstić information content (AvgIpc) is 0.730. The van der Waals surface area contributed by atoms with Crippen LogP contribution in [0.15, 0.2) is 194 Å². The van der Waals surface area contributed by atoms with E-state index in [4.69, 9.17) is 9.47 Å². The number of hydrogen-bond donors (Lipinski definition) is 12. The van der Waals surface area contributed by atoms with E-state index in [2.05, 4.69) is 53.2 Å². The molecule has 8 aromatic rings. The van der Waals surface area contributed by atoms with E-state index in [-0.39, 0.29) is 111 Å². The molecule has 0 spiro atoms. The number of ether oxygens (including phenoxy) is 2. The van der Waals surface area contributed by atoms with Gasteiger partial charge in [-0.2, -0.15) is 0 Å². The first kappa shape index (κ1) is 77.8. The average molecular weight is 1440 g/mol. The van der Waals surface area contributed by atoms with Crippen LogP contribution in [0, 0.1) is 11.8 Å². The quantitative estimate of drug-likeness (QED) is 0.00988. The molecule has 0 aromatic heterocycles. The van der Waals surface area contributed by atoms with Gasteiger partial charge in [-0.3, -0.25) is 38.4 Å². The Hall–Kier alpha value is -12.3. The van der Waals surface area contributed by atoms with Gasteiger partial charge in [0.25, 0.3) is 0 Å². The van der Waals surface area contributed by atoms with Crippen molar-refractivity contribution in [3.63, 3.8) is 0 Å². The normalized spacial score (nSPS) is 13.2. The molecule has 106 heavy (non-hydrogen) atoms. The Bertz CT molecular complexity index is 4150. The monoisotopic (exact) mass is 1440 g/mol. The Labute approximate surface area is 615 Å². The van der Waals surface area contributed by atoms with Gasteiger partial charge in [-0.15, -0.1) is 0 Å². The van der Waals surface area contributed by atoms with Crippen molar-refractivity contribution < 1.29 is 67.6 Å². The lowest BCUT2D eigenvalue weighted by Crippen LogP contribution is -2.56. The fraction of sp³-hybridized carbons (Fsp3) is 0.293. The lowest BCUT2D eigenvalue weighted by molar-refractivity contribution is -0.132. The van der Waals surface area contributed by atoms with Crippen LogP contribution in [0.25, 0.3) is 0 Å². The topological polar surface area (TPSA) is 350 Å². The zero-order chi connectivity index (χ0) is 75.8. The molecule has 24 heteroatoms. The van der Waals surface area contributed by atoms with E-state index in [0.717, 1.165) is 34.4 Å². The first-order valence-corrected chi connectivity index (χ1v) is 35.3. The van der Waals surface area contributed by atoms with Gasteiger partial charge in [0.05, 0.1) is 33.4 Å². The predicted octanol–water partition coefficient (Wildman–Crippen LogP) is 9.16. The molecule has 6 amide bonds. The van der Waals surface area contributed by atoms with Gasteiger partial charge < -0.3 is 72.9 Å². The van der Waals surface area contributed by atoms with E-state index in [9.17, 15) is 58.2 Å². The third-order valence-corrected chi connectivity index (χ3v) is 17.5. The molecule has 0 saturated heterocycles. The summed E-state index contributed by atoms with van der Waals surface area (Å²) < 4.78 is 11.2. The van der Waals surface area contributed by atoms with Crippen LogP contribution in [0.1, 0.15) is 129 Å². The summed E-state index contributed by atoms with van der Waals surface area (Å²) in [5.74, 6) is -7.62. The van der Waals surface area contributed by atoms with E-state index in [1.807, 2.05) is 125 Å². The molecule has 552 valence electrons. The number of ketones is 2.